The highest BCUT2D eigenvalue weighted by Crippen LogP contribution is 2.27. The van der Waals surface area contributed by atoms with Crippen LogP contribution in [0.4, 0.5) is 0 Å². The smallest absolute Gasteiger partial charge is 0.224 e. The number of hydrogen-bond acceptors (Lipinski definition) is 4. The lowest BCUT2D eigenvalue weighted by Gasteiger charge is -2.10. The lowest BCUT2D eigenvalue weighted by atomic mass is 10.1. The monoisotopic (exact) mass is 300 g/mol. The standard InChI is InChI=1S/C17H20N2O3/c1-21-15-7-6-13(11-16(15)22-2)12-17(20)19-10-8-14-5-3-4-9-18-14/h3-7,9,11H,8,10,12H2,1-2H3,(H,19,20). The molecule has 0 atom stereocenters. The van der Waals surface area contributed by atoms with Crippen molar-refractivity contribution >= 4 is 5.91 Å². The molecule has 116 valence electrons. The Balaban J connectivity index is 1.84. The van der Waals surface area contributed by atoms with Crippen molar-refractivity contribution in [1.82, 2.24) is 10.3 Å². The Labute approximate surface area is 130 Å². The van der Waals surface area contributed by atoms with Crippen LogP contribution in [0, 0.1) is 0 Å². The van der Waals surface area contributed by atoms with E-state index in [-0.39, 0.29) is 5.91 Å². The number of aromatic nitrogens is 1. The Hall–Kier alpha value is -2.56. The second-order valence-corrected chi connectivity index (χ2v) is 4.79. The molecule has 1 aromatic carbocycles. The molecule has 0 unspecified atom stereocenters. The predicted molar refractivity (Wildman–Crippen MR) is 84.2 cm³/mol. The van der Waals surface area contributed by atoms with E-state index in [2.05, 4.69) is 10.3 Å². The van der Waals surface area contributed by atoms with Gasteiger partial charge in [0.25, 0.3) is 0 Å². The molecule has 1 aromatic heterocycles. The molecule has 0 aliphatic rings. The minimum Gasteiger partial charge on any atom is -0.493 e. The summed E-state index contributed by atoms with van der Waals surface area (Å²) in [5.74, 6) is 1.26. The van der Waals surface area contributed by atoms with Gasteiger partial charge in [0.15, 0.2) is 11.5 Å². The number of pyridine rings is 1. The minimum atomic E-state index is -0.0249. The Bertz CT molecular complexity index is 615. The molecule has 0 spiro atoms. The van der Waals surface area contributed by atoms with Gasteiger partial charge in [-0.15, -0.1) is 0 Å². The lowest BCUT2D eigenvalue weighted by Crippen LogP contribution is -2.27. The molecule has 0 aliphatic carbocycles. The summed E-state index contributed by atoms with van der Waals surface area (Å²) in [6, 6.07) is 11.2. The maximum absolute atomic E-state index is 12.0. The largest absolute Gasteiger partial charge is 0.493 e. The summed E-state index contributed by atoms with van der Waals surface area (Å²) in [6.45, 7) is 0.573. The summed E-state index contributed by atoms with van der Waals surface area (Å²) in [7, 11) is 3.16. The molecule has 0 aliphatic heterocycles. The van der Waals surface area contributed by atoms with Crippen molar-refractivity contribution in [3.63, 3.8) is 0 Å². The second kappa shape index (κ2) is 8.02. The molecule has 2 rings (SSSR count). The molecule has 0 saturated carbocycles. The fourth-order valence-electron chi connectivity index (χ4n) is 2.11. The van der Waals surface area contributed by atoms with Crippen LogP contribution in [0.1, 0.15) is 11.3 Å². The minimum absolute atomic E-state index is 0.0249. The molecular formula is C17H20N2O3. The van der Waals surface area contributed by atoms with Crippen LogP contribution in [0.5, 0.6) is 11.5 Å². The molecule has 1 heterocycles. The first kappa shape index (κ1) is 15.8. The summed E-state index contributed by atoms with van der Waals surface area (Å²) in [5, 5.41) is 2.89. The van der Waals surface area contributed by atoms with Gasteiger partial charge in [-0.3, -0.25) is 9.78 Å². The molecule has 2 aromatic rings. The van der Waals surface area contributed by atoms with Gasteiger partial charge in [0.05, 0.1) is 20.6 Å². The highest BCUT2D eigenvalue weighted by molar-refractivity contribution is 5.78. The molecule has 0 bridgehead atoms. The number of benzene rings is 1. The third-order valence-electron chi connectivity index (χ3n) is 3.24. The topological polar surface area (TPSA) is 60.5 Å². The van der Waals surface area contributed by atoms with Crippen LogP contribution < -0.4 is 14.8 Å². The van der Waals surface area contributed by atoms with E-state index in [9.17, 15) is 4.79 Å². The van der Waals surface area contributed by atoms with Gasteiger partial charge in [0, 0.05) is 24.9 Å². The van der Waals surface area contributed by atoms with Gasteiger partial charge in [0.2, 0.25) is 5.91 Å². The zero-order chi connectivity index (χ0) is 15.8. The van der Waals surface area contributed by atoms with Crippen LogP contribution in [0.25, 0.3) is 0 Å². The molecule has 22 heavy (non-hydrogen) atoms. The van der Waals surface area contributed by atoms with Gasteiger partial charge in [-0.25, -0.2) is 0 Å². The van der Waals surface area contributed by atoms with Crippen LogP contribution in [-0.4, -0.2) is 31.7 Å². The molecule has 5 nitrogen and oxygen atoms in total. The maximum atomic E-state index is 12.0. The quantitative estimate of drug-likeness (QED) is 0.849. The Morgan fingerprint density at radius 1 is 1.14 bits per heavy atom. The van der Waals surface area contributed by atoms with Crippen LogP contribution >= 0.6 is 0 Å². The number of rotatable bonds is 7. The van der Waals surface area contributed by atoms with E-state index >= 15 is 0 Å². The Kier molecular flexibility index (Phi) is 5.77. The summed E-state index contributed by atoms with van der Waals surface area (Å²) in [4.78, 5) is 16.2. The van der Waals surface area contributed by atoms with Crippen molar-refractivity contribution < 1.29 is 14.3 Å². The zero-order valence-corrected chi connectivity index (χ0v) is 12.8. The van der Waals surface area contributed by atoms with Gasteiger partial charge >= 0.3 is 0 Å². The molecular weight excluding hydrogens is 280 g/mol. The van der Waals surface area contributed by atoms with Gasteiger partial charge in [-0.05, 0) is 29.8 Å². The highest BCUT2D eigenvalue weighted by Gasteiger charge is 2.08. The number of carbonyl (C=O) groups is 1. The Morgan fingerprint density at radius 2 is 1.95 bits per heavy atom. The SMILES string of the molecule is COc1ccc(CC(=O)NCCc2ccccn2)cc1OC. The van der Waals surface area contributed by atoms with Crippen molar-refractivity contribution in [3.05, 3.63) is 53.9 Å². The number of hydrogen-bond donors (Lipinski definition) is 1. The predicted octanol–water partition coefficient (Wildman–Crippen LogP) is 2.00. The normalized spacial score (nSPS) is 10.1. The number of amides is 1. The van der Waals surface area contributed by atoms with E-state index in [4.69, 9.17) is 9.47 Å². The average Bonchev–Trinajstić information content (AvgIpc) is 2.55. The van der Waals surface area contributed by atoms with Crippen LogP contribution in [0.15, 0.2) is 42.6 Å². The van der Waals surface area contributed by atoms with E-state index in [1.54, 1.807) is 26.5 Å². The van der Waals surface area contributed by atoms with Crippen molar-refractivity contribution in [2.24, 2.45) is 0 Å². The lowest BCUT2D eigenvalue weighted by molar-refractivity contribution is -0.120. The highest BCUT2D eigenvalue weighted by atomic mass is 16.5. The molecule has 1 amide bonds. The second-order valence-electron chi connectivity index (χ2n) is 4.79. The van der Waals surface area contributed by atoms with Crippen molar-refractivity contribution in [2.75, 3.05) is 20.8 Å². The van der Waals surface area contributed by atoms with E-state index in [1.165, 1.54) is 0 Å². The number of nitrogens with one attached hydrogen (secondary N) is 1. The molecule has 1 N–H and O–H groups in total. The summed E-state index contributed by atoms with van der Waals surface area (Å²) < 4.78 is 10.4. The van der Waals surface area contributed by atoms with E-state index in [0.29, 0.717) is 24.5 Å². The van der Waals surface area contributed by atoms with Crippen molar-refractivity contribution in [2.45, 2.75) is 12.8 Å². The molecule has 0 radical (unpaired) electrons. The van der Waals surface area contributed by atoms with E-state index in [0.717, 1.165) is 17.7 Å². The van der Waals surface area contributed by atoms with Gasteiger partial charge in [-0.2, -0.15) is 0 Å². The first-order valence-electron chi connectivity index (χ1n) is 7.10. The van der Waals surface area contributed by atoms with E-state index < -0.39 is 0 Å². The van der Waals surface area contributed by atoms with Crippen molar-refractivity contribution in [1.29, 1.82) is 0 Å². The molecule has 0 fully saturated rings. The van der Waals surface area contributed by atoms with E-state index in [1.807, 2.05) is 30.3 Å². The first-order valence-corrected chi connectivity index (χ1v) is 7.10. The number of ether oxygens (including phenoxy) is 2. The third kappa shape index (κ3) is 4.48. The van der Waals surface area contributed by atoms with Gasteiger partial charge < -0.3 is 14.8 Å². The van der Waals surface area contributed by atoms with Crippen LogP contribution in [0.2, 0.25) is 0 Å². The summed E-state index contributed by atoms with van der Waals surface area (Å²) >= 11 is 0. The number of methoxy groups -OCH3 is 2. The zero-order valence-electron chi connectivity index (χ0n) is 12.8. The third-order valence-corrected chi connectivity index (χ3v) is 3.24. The number of nitrogens with zero attached hydrogens (tertiary/aromatic N) is 1. The number of carbonyl (C=O) groups excluding carboxylic acids is 1. The Morgan fingerprint density at radius 3 is 2.64 bits per heavy atom. The molecule has 0 saturated heterocycles. The van der Waals surface area contributed by atoms with Crippen LogP contribution in [0.3, 0.4) is 0 Å². The summed E-state index contributed by atoms with van der Waals surface area (Å²) in [5.41, 5.74) is 1.85. The maximum Gasteiger partial charge on any atom is 0.224 e. The van der Waals surface area contributed by atoms with Crippen LogP contribution in [-0.2, 0) is 17.6 Å². The van der Waals surface area contributed by atoms with Gasteiger partial charge in [-0.1, -0.05) is 12.1 Å². The fraction of sp³-hybridized carbons (Fsp3) is 0.294. The van der Waals surface area contributed by atoms with Gasteiger partial charge in [0.1, 0.15) is 0 Å². The average molecular weight is 300 g/mol. The van der Waals surface area contributed by atoms with Crippen molar-refractivity contribution in [3.8, 4) is 11.5 Å². The first-order chi connectivity index (χ1) is 10.7. The molecule has 5 heteroatoms. The fourth-order valence-corrected chi connectivity index (χ4v) is 2.11. The summed E-state index contributed by atoms with van der Waals surface area (Å²) in [6.07, 6.45) is 2.78.